The summed E-state index contributed by atoms with van der Waals surface area (Å²) in [5, 5.41) is 14.0. The molecular weight excluding hydrogens is 366 g/mol. The first-order valence-electron chi connectivity index (χ1n) is 8.86. The molecule has 1 aromatic carbocycles. The highest BCUT2D eigenvalue weighted by molar-refractivity contribution is 7.17. The largest absolute Gasteiger partial charge is 0.365 e. The van der Waals surface area contributed by atoms with Crippen LogP contribution in [0.15, 0.2) is 24.3 Å². The van der Waals surface area contributed by atoms with Crippen LogP contribution in [0, 0.1) is 16.0 Å². The molecule has 3 N–H and O–H groups in total. The van der Waals surface area contributed by atoms with Crippen LogP contribution in [0.4, 0.5) is 10.7 Å². The van der Waals surface area contributed by atoms with Crippen molar-refractivity contribution in [3.8, 4) is 0 Å². The zero-order valence-corrected chi connectivity index (χ0v) is 15.8. The number of amides is 2. The van der Waals surface area contributed by atoms with Crippen molar-refractivity contribution < 1.29 is 14.5 Å². The molecule has 0 radical (unpaired) electrons. The standard InChI is InChI=1S/C19H21N3O4S/c1-2-11-5-8-14-15(9-11)27-19(17(14)18(20)24)21-16(23)10-12-3-6-13(7-4-12)22(25)26/h3-4,6-7,11H,2,5,8-10H2,1H3,(H2,20,24)(H,21,23)/t11-/m0/s1. The van der Waals surface area contributed by atoms with Gasteiger partial charge in [0.25, 0.3) is 11.6 Å². The van der Waals surface area contributed by atoms with Crippen molar-refractivity contribution in [1.29, 1.82) is 0 Å². The van der Waals surface area contributed by atoms with Crippen LogP contribution in [0.5, 0.6) is 0 Å². The molecule has 0 aliphatic heterocycles. The van der Waals surface area contributed by atoms with E-state index >= 15 is 0 Å². The highest BCUT2D eigenvalue weighted by atomic mass is 32.1. The number of thiophene rings is 1. The molecule has 27 heavy (non-hydrogen) atoms. The number of nitrogens with zero attached hydrogens (tertiary/aromatic N) is 1. The number of nitro groups is 1. The average molecular weight is 387 g/mol. The first kappa shape index (κ1) is 19.0. The number of nitrogens with one attached hydrogen (secondary N) is 1. The third kappa shape index (κ3) is 4.16. The molecule has 1 heterocycles. The van der Waals surface area contributed by atoms with Crippen LogP contribution >= 0.6 is 11.3 Å². The lowest BCUT2D eigenvalue weighted by Gasteiger charge is -2.20. The Hall–Kier alpha value is -2.74. The Bertz CT molecular complexity index is 889. The Kier molecular flexibility index (Phi) is 5.55. The van der Waals surface area contributed by atoms with Crippen LogP contribution in [-0.4, -0.2) is 16.7 Å². The van der Waals surface area contributed by atoms with Crippen molar-refractivity contribution in [2.75, 3.05) is 5.32 Å². The Morgan fingerprint density at radius 1 is 1.33 bits per heavy atom. The first-order chi connectivity index (χ1) is 12.9. The number of nitrogens with two attached hydrogens (primary N) is 1. The van der Waals surface area contributed by atoms with Crippen LogP contribution in [0.3, 0.4) is 0 Å². The van der Waals surface area contributed by atoms with E-state index < -0.39 is 10.8 Å². The molecule has 7 nitrogen and oxygen atoms in total. The van der Waals surface area contributed by atoms with E-state index in [2.05, 4.69) is 12.2 Å². The van der Waals surface area contributed by atoms with Gasteiger partial charge in [0.2, 0.25) is 5.91 Å². The maximum Gasteiger partial charge on any atom is 0.269 e. The van der Waals surface area contributed by atoms with E-state index in [1.165, 1.54) is 23.5 Å². The van der Waals surface area contributed by atoms with Crippen molar-refractivity contribution in [3.05, 3.63) is 55.9 Å². The van der Waals surface area contributed by atoms with Gasteiger partial charge in [0.1, 0.15) is 5.00 Å². The van der Waals surface area contributed by atoms with Crippen molar-refractivity contribution in [2.24, 2.45) is 11.7 Å². The fourth-order valence-corrected chi connectivity index (χ4v) is 4.83. The number of rotatable bonds is 6. The van der Waals surface area contributed by atoms with Crippen LogP contribution in [0.25, 0.3) is 0 Å². The highest BCUT2D eigenvalue weighted by Crippen LogP contribution is 2.40. The molecule has 3 rings (SSSR count). The minimum absolute atomic E-state index is 0.0217. The molecule has 0 bridgehead atoms. The summed E-state index contributed by atoms with van der Waals surface area (Å²) in [6, 6.07) is 5.84. The second kappa shape index (κ2) is 7.87. The van der Waals surface area contributed by atoms with Crippen molar-refractivity contribution in [3.63, 3.8) is 0 Å². The maximum absolute atomic E-state index is 12.4. The topological polar surface area (TPSA) is 115 Å². The SMILES string of the molecule is CC[C@H]1CCc2c(sc(NC(=O)Cc3ccc([N+](=O)[O-])cc3)c2C(N)=O)C1. The lowest BCUT2D eigenvalue weighted by atomic mass is 9.85. The molecule has 1 aliphatic rings. The van der Waals surface area contributed by atoms with Crippen LogP contribution in [0.1, 0.15) is 46.1 Å². The lowest BCUT2D eigenvalue weighted by Crippen LogP contribution is -2.20. The number of hydrogen-bond acceptors (Lipinski definition) is 5. The summed E-state index contributed by atoms with van der Waals surface area (Å²) in [7, 11) is 0. The number of benzene rings is 1. The van der Waals surface area contributed by atoms with Gasteiger partial charge in [-0.15, -0.1) is 11.3 Å². The number of nitro benzene ring substituents is 1. The smallest absolute Gasteiger partial charge is 0.269 e. The van der Waals surface area contributed by atoms with Gasteiger partial charge in [0.05, 0.1) is 16.9 Å². The van der Waals surface area contributed by atoms with Crippen molar-refractivity contribution in [2.45, 2.75) is 39.0 Å². The van der Waals surface area contributed by atoms with Gasteiger partial charge >= 0.3 is 0 Å². The molecule has 0 saturated heterocycles. The molecule has 0 fully saturated rings. The second-order valence-electron chi connectivity index (χ2n) is 6.74. The summed E-state index contributed by atoms with van der Waals surface area (Å²) < 4.78 is 0. The van der Waals surface area contributed by atoms with Gasteiger partial charge in [-0.2, -0.15) is 0 Å². The van der Waals surface area contributed by atoms with Gasteiger partial charge in [-0.05, 0) is 36.3 Å². The van der Waals surface area contributed by atoms with E-state index in [-0.39, 0.29) is 18.0 Å². The van der Waals surface area contributed by atoms with Gasteiger partial charge in [-0.1, -0.05) is 25.5 Å². The van der Waals surface area contributed by atoms with Crippen molar-refractivity contribution in [1.82, 2.24) is 0 Å². The van der Waals surface area contributed by atoms with Crippen LogP contribution in [0.2, 0.25) is 0 Å². The lowest BCUT2D eigenvalue weighted by molar-refractivity contribution is -0.384. The average Bonchev–Trinajstić information content (AvgIpc) is 2.98. The molecular formula is C19H21N3O4S. The molecule has 142 valence electrons. The molecule has 2 amide bonds. The van der Waals surface area contributed by atoms with E-state index in [0.717, 1.165) is 36.1 Å². The van der Waals surface area contributed by atoms with Crippen LogP contribution < -0.4 is 11.1 Å². The fraction of sp³-hybridized carbons (Fsp3) is 0.368. The molecule has 0 spiro atoms. The molecule has 2 aromatic rings. The number of hydrogen-bond donors (Lipinski definition) is 2. The summed E-state index contributed by atoms with van der Waals surface area (Å²) in [5.74, 6) is -0.203. The number of carbonyl (C=O) groups excluding carboxylic acids is 2. The molecule has 1 aromatic heterocycles. The minimum atomic E-state index is -0.520. The number of primary amides is 1. The summed E-state index contributed by atoms with van der Waals surface area (Å²) in [5.41, 5.74) is 7.62. The van der Waals surface area contributed by atoms with E-state index in [9.17, 15) is 19.7 Å². The number of anilines is 1. The van der Waals surface area contributed by atoms with Gasteiger partial charge in [0, 0.05) is 17.0 Å². The third-order valence-corrected chi connectivity index (χ3v) is 6.13. The Labute approximate surface area is 160 Å². The molecule has 1 aliphatic carbocycles. The maximum atomic E-state index is 12.4. The highest BCUT2D eigenvalue weighted by Gasteiger charge is 2.28. The van der Waals surface area contributed by atoms with E-state index in [0.29, 0.717) is 22.0 Å². The van der Waals surface area contributed by atoms with Crippen LogP contribution in [-0.2, 0) is 24.1 Å². The Morgan fingerprint density at radius 2 is 2.04 bits per heavy atom. The third-order valence-electron chi connectivity index (χ3n) is 4.96. The second-order valence-corrected chi connectivity index (χ2v) is 7.84. The van der Waals surface area contributed by atoms with Crippen molar-refractivity contribution >= 4 is 33.8 Å². The van der Waals surface area contributed by atoms with E-state index in [4.69, 9.17) is 5.73 Å². The predicted molar refractivity (Wildman–Crippen MR) is 104 cm³/mol. The molecule has 0 saturated carbocycles. The van der Waals surface area contributed by atoms with Gasteiger partial charge in [-0.3, -0.25) is 19.7 Å². The van der Waals surface area contributed by atoms with Gasteiger partial charge < -0.3 is 11.1 Å². The minimum Gasteiger partial charge on any atom is -0.365 e. The number of fused-ring (bicyclic) bond motifs is 1. The Morgan fingerprint density at radius 3 is 2.63 bits per heavy atom. The summed E-state index contributed by atoms with van der Waals surface area (Å²) in [6.07, 6.45) is 3.90. The normalized spacial score (nSPS) is 15.8. The van der Waals surface area contributed by atoms with Gasteiger partial charge in [-0.25, -0.2) is 0 Å². The molecule has 0 unspecified atom stereocenters. The fourth-order valence-electron chi connectivity index (χ4n) is 3.44. The number of carbonyl (C=O) groups is 2. The number of non-ortho nitro benzene ring substituents is 1. The zero-order chi connectivity index (χ0) is 19.6. The predicted octanol–water partition coefficient (Wildman–Crippen LogP) is 3.45. The van der Waals surface area contributed by atoms with Gasteiger partial charge in [0.15, 0.2) is 0 Å². The monoisotopic (exact) mass is 387 g/mol. The first-order valence-corrected chi connectivity index (χ1v) is 9.68. The summed E-state index contributed by atoms with van der Waals surface area (Å²) in [4.78, 5) is 35.7. The quantitative estimate of drug-likeness (QED) is 0.583. The summed E-state index contributed by atoms with van der Waals surface area (Å²) in [6.45, 7) is 2.16. The zero-order valence-electron chi connectivity index (χ0n) is 15.0. The summed E-state index contributed by atoms with van der Waals surface area (Å²) >= 11 is 1.43. The molecule has 1 atom stereocenters. The van der Waals surface area contributed by atoms with E-state index in [1.807, 2.05) is 0 Å². The molecule has 8 heteroatoms. The Balaban J connectivity index is 1.76. The van der Waals surface area contributed by atoms with E-state index in [1.54, 1.807) is 12.1 Å².